The summed E-state index contributed by atoms with van der Waals surface area (Å²) in [4.78, 5) is 0. The number of unbranched alkanes of at least 4 members (excludes halogenated alkanes) is 2. The maximum absolute atomic E-state index is 8.67. The van der Waals surface area contributed by atoms with Gasteiger partial charge in [-0.25, -0.2) is 0 Å². The van der Waals surface area contributed by atoms with Crippen LogP contribution in [0.3, 0.4) is 0 Å². The molecule has 0 aromatic heterocycles. The van der Waals surface area contributed by atoms with Gasteiger partial charge < -0.3 is 15.2 Å². The van der Waals surface area contributed by atoms with Gasteiger partial charge in [-0.2, -0.15) is 0 Å². The van der Waals surface area contributed by atoms with E-state index in [1.807, 2.05) is 6.07 Å². The van der Waals surface area contributed by atoms with E-state index in [1.54, 1.807) is 0 Å². The predicted molar refractivity (Wildman–Crippen MR) is 83.2 cm³/mol. The molecule has 1 aromatic rings. The third-order valence-corrected chi connectivity index (χ3v) is 3.34. The highest BCUT2D eigenvalue weighted by Gasteiger charge is 2.18. The summed E-state index contributed by atoms with van der Waals surface area (Å²) in [6, 6.07) is 8.33. The van der Waals surface area contributed by atoms with Crippen LogP contribution in [0.15, 0.2) is 24.3 Å². The molecular weight excluding hydrogens is 250 g/mol. The number of aliphatic hydroxyl groups is 1. The molecule has 0 fully saturated rings. The molecule has 0 bridgehead atoms. The number of quaternary nitrogens is 1. The van der Waals surface area contributed by atoms with Crippen molar-refractivity contribution in [1.82, 2.24) is 0 Å². The van der Waals surface area contributed by atoms with Crippen molar-refractivity contribution < 1.29 is 15.2 Å². The van der Waals surface area contributed by atoms with Crippen molar-refractivity contribution in [3.05, 3.63) is 29.8 Å². The number of benzene rings is 1. The minimum Gasteiger partial charge on any atom is -0.493 e. The number of rotatable bonds is 9. The Balaban J connectivity index is 2.26. The number of para-hydroxylation sites is 1. The summed E-state index contributed by atoms with van der Waals surface area (Å²) in [6.45, 7) is 9.61. The van der Waals surface area contributed by atoms with Gasteiger partial charge in [0, 0.05) is 0 Å². The Morgan fingerprint density at radius 3 is 2.50 bits per heavy atom. The Hall–Kier alpha value is -1.06. The lowest BCUT2D eigenvalue weighted by Crippen LogP contribution is -2.85. The van der Waals surface area contributed by atoms with Crippen molar-refractivity contribution in [2.75, 3.05) is 26.3 Å². The van der Waals surface area contributed by atoms with E-state index < -0.39 is 0 Å². The van der Waals surface area contributed by atoms with Crippen molar-refractivity contribution >= 4 is 0 Å². The minimum absolute atomic E-state index is 0.121. The Bertz CT molecular complexity index is 371. The molecule has 3 nitrogen and oxygen atoms in total. The molecule has 0 saturated heterocycles. The maximum Gasteiger partial charge on any atom is 0.123 e. The third-order valence-electron chi connectivity index (χ3n) is 3.34. The van der Waals surface area contributed by atoms with Crippen molar-refractivity contribution in [2.45, 2.75) is 45.4 Å². The Kier molecular flexibility index (Phi) is 7.63. The molecule has 0 spiro atoms. The fourth-order valence-corrected chi connectivity index (χ4v) is 2.20. The molecule has 1 aromatic carbocycles. The Morgan fingerprint density at radius 2 is 1.80 bits per heavy atom. The molecule has 0 aliphatic carbocycles. The van der Waals surface area contributed by atoms with E-state index in [4.69, 9.17) is 9.84 Å². The van der Waals surface area contributed by atoms with E-state index in [9.17, 15) is 0 Å². The van der Waals surface area contributed by atoms with Crippen LogP contribution in [0.25, 0.3) is 0 Å². The molecule has 114 valence electrons. The second-order valence-corrected chi connectivity index (χ2v) is 6.24. The standard InChI is InChI=1S/C17H29NO2/c1-17(2,3)15-9-5-6-10-16(15)20-14-8-4-7-11-18-12-13-19/h5-6,9-10,18-19H,4,7-8,11-14H2,1-3H3/p+1. The van der Waals surface area contributed by atoms with E-state index in [0.717, 1.165) is 31.9 Å². The van der Waals surface area contributed by atoms with Gasteiger partial charge in [-0.1, -0.05) is 39.0 Å². The maximum atomic E-state index is 8.67. The number of nitrogens with two attached hydrogens (primary N) is 1. The summed E-state index contributed by atoms with van der Waals surface area (Å²) in [5.74, 6) is 1.02. The van der Waals surface area contributed by atoms with Crippen LogP contribution in [0.5, 0.6) is 5.75 Å². The van der Waals surface area contributed by atoms with Crippen LogP contribution < -0.4 is 10.1 Å². The number of aliphatic hydroxyl groups excluding tert-OH is 1. The lowest BCUT2D eigenvalue weighted by atomic mass is 9.86. The molecule has 0 aliphatic heterocycles. The van der Waals surface area contributed by atoms with Crippen LogP contribution in [0.2, 0.25) is 0 Å². The van der Waals surface area contributed by atoms with E-state index in [-0.39, 0.29) is 12.0 Å². The average Bonchev–Trinajstić information content (AvgIpc) is 2.41. The topological polar surface area (TPSA) is 46.1 Å². The van der Waals surface area contributed by atoms with Gasteiger partial charge in [0.05, 0.1) is 26.3 Å². The molecule has 3 N–H and O–H groups in total. The summed E-state index contributed by atoms with van der Waals surface area (Å²) in [5, 5.41) is 10.8. The van der Waals surface area contributed by atoms with Crippen LogP contribution >= 0.6 is 0 Å². The van der Waals surface area contributed by atoms with Gasteiger partial charge in [-0.05, 0) is 36.3 Å². The monoisotopic (exact) mass is 280 g/mol. The van der Waals surface area contributed by atoms with Crippen LogP contribution in [-0.2, 0) is 5.41 Å². The van der Waals surface area contributed by atoms with Crippen molar-refractivity contribution in [3.63, 3.8) is 0 Å². The van der Waals surface area contributed by atoms with Gasteiger partial charge in [0.25, 0.3) is 0 Å². The predicted octanol–water partition coefficient (Wildman–Crippen LogP) is 2.09. The van der Waals surface area contributed by atoms with E-state index in [1.165, 1.54) is 18.4 Å². The molecule has 0 atom stereocenters. The number of ether oxygens (including phenoxy) is 1. The molecule has 3 heteroatoms. The first-order valence-corrected chi connectivity index (χ1v) is 7.70. The van der Waals surface area contributed by atoms with Crippen molar-refractivity contribution in [2.24, 2.45) is 0 Å². The molecule has 0 unspecified atom stereocenters. The summed E-state index contributed by atoms with van der Waals surface area (Å²) in [6.07, 6.45) is 3.45. The first kappa shape index (κ1) is 17.0. The Morgan fingerprint density at radius 1 is 1.05 bits per heavy atom. The van der Waals surface area contributed by atoms with Gasteiger partial charge >= 0.3 is 0 Å². The molecule has 0 saturated carbocycles. The van der Waals surface area contributed by atoms with Gasteiger partial charge in [0.1, 0.15) is 5.75 Å². The quantitative estimate of drug-likeness (QED) is 0.680. The van der Waals surface area contributed by atoms with Gasteiger partial charge in [-0.3, -0.25) is 0 Å². The molecule has 20 heavy (non-hydrogen) atoms. The van der Waals surface area contributed by atoms with E-state index in [0.29, 0.717) is 0 Å². The molecule has 0 aliphatic rings. The molecular formula is C17H30NO2+. The minimum atomic E-state index is 0.121. The van der Waals surface area contributed by atoms with Crippen molar-refractivity contribution in [3.8, 4) is 5.75 Å². The smallest absolute Gasteiger partial charge is 0.123 e. The average molecular weight is 280 g/mol. The fraction of sp³-hybridized carbons (Fsp3) is 0.647. The van der Waals surface area contributed by atoms with Gasteiger partial charge in [0.2, 0.25) is 0 Å². The van der Waals surface area contributed by atoms with Gasteiger partial charge in [0.15, 0.2) is 0 Å². The lowest BCUT2D eigenvalue weighted by molar-refractivity contribution is -0.656. The molecule has 0 amide bonds. The lowest BCUT2D eigenvalue weighted by Gasteiger charge is -2.22. The Labute approximate surface area is 123 Å². The number of hydrogen-bond acceptors (Lipinski definition) is 2. The summed E-state index contributed by atoms with van der Waals surface area (Å²) in [5.41, 5.74) is 1.40. The van der Waals surface area contributed by atoms with Crippen LogP contribution in [0.1, 0.15) is 45.6 Å². The largest absolute Gasteiger partial charge is 0.493 e. The van der Waals surface area contributed by atoms with E-state index >= 15 is 0 Å². The second-order valence-electron chi connectivity index (χ2n) is 6.24. The zero-order chi connectivity index (χ0) is 14.8. The third kappa shape index (κ3) is 6.40. The normalized spacial score (nSPS) is 11.6. The summed E-state index contributed by atoms with van der Waals surface area (Å²) in [7, 11) is 0. The summed E-state index contributed by atoms with van der Waals surface area (Å²) < 4.78 is 5.94. The molecule has 1 rings (SSSR count). The zero-order valence-corrected chi connectivity index (χ0v) is 13.2. The van der Waals surface area contributed by atoms with Crippen molar-refractivity contribution in [1.29, 1.82) is 0 Å². The highest BCUT2D eigenvalue weighted by molar-refractivity contribution is 5.38. The first-order chi connectivity index (χ1) is 9.55. The van der Waals surface area contributed by atoms with Crippen LogP contribution in [-0.4, -0.2) is 31.4 Å². The SMILES string of the molecule is CC(C)(C)c1ccccc1OCCCCC[NH2+]CCO. The van der Waals surface area contributed by atoms with Crippen LogP contribution in [0.4, 0.5) is 0 Å². The highest BCUT2D eigenvalue weighted by atomic mass is 16.5. The molecule has 0 radical (unpaired) electrons. The van der Waals surface area contributed by atoms with E-state index in [2.05, 4.69) is 44.3 Å². The summed E-state index contributed by atoms with van der Waals surface area (Å²) >= 11 is 0. The second kappa shape index (κ2) is 8.98. The highest BCUT2D eigenvalue weighted by Crippen LogP contribution is 2.30. The first-order valence-electron chi connectivity index (χ1n) is 7.70. The molecule has 0 heterocycles. The van der Waals surface area contributed by atoms with Crippen LogP contribution in [0, 0.1) is 0 Å². The number of hydrogen-bond donors (Lipinski definition) is 2. The van der Waals surface area contributed by atoms with Gasteiger partial charge in [-0.15, -0.1) is 0 Å². The fourth-order valence-electron chi connectivity index (χ4n) is 2.20. The zero-order valence-electron chi connectivity index (χ0n) is 13.2.